The highest BCUT2D eigenvalue weighted by molar-refractivity contribution is 6.35. The topological polar surface area (TPSA) is 79.8 Å². The van der Waals surface area contributed by atoms with Crippen LogP contribution in [0.25, 0.3) is 0 Å². The molecule has 1 aromatic carbocycles. The SMILES string of the molecule is COc1cccc(/C=N/NC(=O)C(=O)NC2CCCCC2)c1. The summed E-state index contributed by atoms with van der Waals surface area (Å²) < 4.78 is 5.09. The molecule has 2 rings (SSSR count). The summed E-state index contributed by atoms with van der Waals surface area (Å²) in [5, 5.41) is 6.53. The van der Waals surface area contributed by atoms with Crippen molar-refractivity contribution in [3.8, 4) is 5.75 Å². The van der Waals surface area contributed by atoms with Crippen molar-refractivity contribution in [3.63, 3.8) is 0 Å². The normalized spacial score (nSPS) is 15.5. The van der Waals surface area contributed by atoms with Gasteiger partial charge in [0, 0.05) is 6.04 Å². The second kappa shape index (κ2) is 8.17. The number of nitrogens with one attached hydrogen (secondary N) is 2. The van der Waals surface area contributed by atoms with Crippen molar-refractivity contribution in [1.82, 2.24) is 10.7 Å². The molecule has 1 aromatic rings. The van der Waals surface area contributed by atoms with E-state index in [4.69, 9.17) is 4.74 Å². The standard InChI is InChI=1S/C16H21N3O3/c1-22-14-9-5-6-12(10-14)11-17-19-16(21)15(20)18-13-7-3-2-4-8-13/h5-6,9-11,13H,2-4,7-8H2,1H3,(H,18,20)(H,19,21)/b17-11+. The molecule has 118 valence electrons. The summed E-state index contributed by atoms with van der Waals surface area (Å²) in [7, 11) is 1.58. The zero-order valence-corrected chi connectivity index (χ0v) is 12.7. The van der Waals surface area contributed by atoms with Gasteiger partial charge in [-0.1, -0.05) is 31.4 Å². The number of rotatable bonds is 4. The molecule has 6 heteroatoms. The van der Waals surface area contributed by atoms with Gasteiger partial charge in [0.15, 0.2) is 0 Å². The minimum atomic E-state index is -0.746. The fourth-order valence-corrected chi connectivity index (χ4v) is 2.44. The number of carbonyl (C=O) groups is 2. The molecule has 6 nitrogen and oxygen atoms in total. The van der Waals surface area contributed by atoms with Gasteiger partial charge in [-0.25, -0.2) is 5.43 Å². The number of carbonyl (C=O) groups excluding carboxylic acids is 2. The van der Waals surface area contributed by atoms with E-state index in [2.05, 4.69) is 15.8 Å². The molecule has 0 radical (unpaired) electrons. The molecule has 2 N–H and O–H groups in total. The van der Waals surface area contributed by atoms with Crippen LogP contribution in [0.2, 0.25) is 0 Å². The number of hydrogen-bond acceptors (Lipinski definition) is 4. The van der Waals surface area contributed by atoms with Gasteiger partial charge in [-0.15, -0.1) is 0 Å². The summed E-state index contributed by atoms with van der Waals surface area (Å²) in [6, 6.07) is 7.33. The lowest BCUT2D eigenvalue weighted by atomic mass is 9.95. The van der Waals surface area contributed by atoms with Crippen molar-refractivity contribution in [2.75, 3.05) is 7.11 Å². The van der Waals surface area contributed by atoms with E-state index in [0.29, 0.717) is 5.75 Å². The van der Waals surface area contributed by atoms with Gasteiger partial charge in [-0.2, -0.15) is 5.10 Å². The maximum atomic E-state index is 11.7. The Labute approximate surface area is 129 Å². The molecule has 22 heavy (non-hydrogen) atoms. The predicted octanol–water partition coefficient (Wildman–Crippen LogP) is 1.59. The van der Waals surface area contributed by atoms with E-state index in [0.717, 1.165) is 31.2 Å². The van der Waals surface area contributed by atoms with Crippen LogP contribution in [0.4, 0.5) is 0 Å². The smallest absolute Gasteiger partial charge is 0.329 e. The van der Waals surface area contributed by atoms with E-state index in [1.54, 1.807) is 13.2 Å². The summed E-state index contributed by atoms with van der Waals surface area (Å²) in [4.78, 5) is 23.4. The largest absolute Gasteiger partial charge is 0.497 e. The number of amides is 2. The van der Waals surface area contributed by atoms with Crippen LogP contribution in [0.5, 0.6) is 5.75 Å². The van der Waals surface area contributed by atoms with Gasteiger partial charge < -0.3 is 10.1 Å². The van der Waals surface area contributed by atoms with Crippen LogP contribution in [-0.4, -0.2) is 31.2 Å². The Morgan fingerprint density at radius 3 is 2.73 bits per heavy atom. The zero-order valence-electron chi connectivity index (χ0n) is 12.7. The number of hydrogen-bond donors (Lipinski definition) is 2. The number of hydrazone groups is 1. The van der Waals surface area contributed by atoms with Gasteiger partial charge in [0.1, 0.15) is 5.75 Å². The fourth-order valence-electron chi connectivity index (χ4n) is 2.44. The van der Waals surface area contributed by atoms with Gasteiger partial charge in [0.2, 0.25) is 0 Å². The third kappa shape index (κ3) is 4.87. The molecular weight excluding hydrogens is 282 g/mol. The minimum Gasteiger partial charge on any atom is -0.497 e. The fraction of sp³-hybridized carbons (Fsp3) is 0.438. The van der Waals surface area contributed by atoms with Crippen LogP contribution in [0.15, 0.2) is 29.4 Å². The average Bonchev–Trinajstić information content (AvgIpc) is 2.56. The van der Waals surface area contributed by atoms with E-state index in [1.165, 1.54) is 12.6 Å². The van der Waals surface area contributed by atoms with Crippen molar-refractivity contribution < 1.29 is 14.3 Å². The number of methoxy groups -OCH3 is 1. The molecule has 0 spiro atoms. The van der Waals surface area contributed by atoms with Gasteiger partial charge in [0.05, 0.1) is 13.3 Å². The van der Waals surface area contributed by atoms with Crippen molar-refractivity contribution in [2.24, 2.45) is 5.10 Å². The summed E-state index contributed by atoms with van der Waals surface area (Å²) in [5.74, 6) is -0.676. The van der Waals surface area contributed by atoms with Gasteiger partial charge in [-0.3, -0.25) is 9.59 Å². The third-order valence-corrected chi connectivity index (χ3v) is 3.62. The predicted molar refractivity (Wildman–Crippen MR) is 83.7 cm³/mol. The lowest BCUT2D eigenvalue weighted by Gasteiger charge is -2.22. The Kier molecular flexibility index (Phi) is 5.94. The zero-order chi connectivity index (χ0) is 15.8. The van der Waals surface area contributed by atoms with Crippen LogP contribution in [-0.2, 0) is 9.59 Å². The van der Waals surface area contributed by atoms with Crippen molar-refractivity contribution in [3.05, 3.63) is 29.8 Å². The first-order chi connectivity index (χ1) is 10.7. The van der Waals surface area contributed by atoms with E-state index in [9.17, 15) is 9.59 Å². The molecule has 0 atom stereocenters. The summed E-state index contributed by atoms with van der Waals surface area (Å²) >= 11 is 0. The number of ether oxygens (including phenoxy) is 1. The lowest BCUT2D eigenvalue weighted by Crippen LogP contribution is -2.44. The van der Waals surface area contributed by atoms with Crippen LogP contribution >= 0.6 is 0 Å². The molecule has 2 amide bonds. The molecular formula is C16H21N3O3. The van der Waals surface area contributed by atoms with Crippen molar-refractivity contribution in [1.29, 1.82) is 0 Å². The van der Waals surface area contributed by atoms with Crippen LogP contribution in [0.3, 0.4) is 0 Å². The molecule has 0 aromatic heterocycles. The summed E-state index contributed by atoms with van der Waals surface area (Å²) in [6.45, 7) is 0. The van der Waals surface area contributed by atoms with E-state index < -0.39 is 11.8 Å². The minimum absolute atomic E-state index is 0.106. The first-order valence-electron chi connectivity index (χ1n) is 7.47. The van der Waals surface area contributed by atoms with Crippen LogP contribution in [0, 0.1) is 0 Å². The second-order valence-electron chi connectivity index (χ2n) is 5.28. The average molecular weight is 303 g/mol. The van der Waals surface area contributed by atoms with E-state index in [1.807, 2.05) is 18.2 Å². The number of nitrogens with zero attached hydrogens (tertiary/aromatic N) is 1. The first kappa shape index (κ1) is 16.0. The Morgan fingerprint density at radius 2 is 2.00 bits per heavy atom. The molecule has 1 aliphatic carbocycles. The summed E-state index contributed by atoms with van der Waals surface area (Å²) in [6.07, 6.45) is 6.73. The van der Waals surface area contributed by atoms with Gasteiger partial charge in [-0.05, 0) is 30.5 Å². The molecule has 0 bridgehead atoms. The maximum absolute atomic E-state index is 11.7. The van der Waals surface area contributed by atoms with Gasteiger partial charge >= 0.3 is 11.8 Å². The van der Waals surface area contributed by atoms with Crippen molar-refractivity contribution >= 4 is 18.0 Å². The molecule has 1 aliphatic rings. The Hall–Kier alpha value is -2.37. The highest BCUT2D eigenvalue weighted by Crippen LogP contribution is 2.17. The van der Waals surface area contributed by atoms with Crippen LogP contribution in [0.1, 0.15) is 37.7 Å². The third-order valence-electron chi connectivity index (χ3n) is 3.62. The second-order valence-corrected chi connectivity index (χ2v) is 5.28. The molecule has 0 unspecified atom stereocenters. The van der Waals surface area contributed by atoms with E-state index in [-0.39, 0.29) is 6.04 Å². The Bertz CT molecular complexity index is 551. The molecule has 1 saturated carbocycles. The molecule has 0 saturated heterocycles. The monoisotopic (exact) mass is 303 g/mol. The maximum Gasteiger partial charge on any atom is 0.329 e. The van der Waals surface area contributed by atoms with Crippen LogP contribution < -0.4 is 15.5 Å². The molecule has 1 fully saturated rings. The van der Waals surface area contributed by atoms with E-state index >= 15 is 0 Å². The van der Waals surface area contributed by atoms with Crippen molar-refractivity contribution in [2.45, 2.75) is 38.1 Å². The Morgan fingerprint density at radius 1 is 1.23 bits per heavy atom. The lowest BCUT2D eigenvalue weighted by molar-refractivity contribution is -0.139. The quantitative estimate of drug-likeness (QED) is 0.503. The van der Waals surface area contributed by atoms with Gasteiger partial charge in [0.25, 0.3) is 0 Å². The molecule has 0 aliphatic heterocycles. The molecule has 0 heterocycles. The number of benzene rings is 1. The highest BCUT2D eigenvalue weighted by Gasteiger charge is 2.19. The highest BCUT2D eigenvalue weighted by atomic mass is 16.5. The first-order valence-corrected chi connectivity index (χ1v) is 7.47. The Balaban J connectivity index is 1.80. The summed E-state index contributed by atoms with van der Waals surface area (Å²) in [5.41, 5.74) is 3.01.